The molecule has 2 rings (SSSR count). The molecular weight excluding hydrogens is 207 g/mol. The van der Waals surface area contributed by atoms with Crippen molar-refractivity contribution in [1.82, 2.24) is 10.6 Å². The Labute approximate surface area is 95.7 Å². The highest BCUT2D eigenvalue weighted by atomic mass is 16.4. The molecule has 2 saturated heterocycles. The van der Waals surface area contributed by atoms with E-state index in [9.17, 15) is 14.9 Å². The molecule has 2 fully saturated rings. The van der Waals surface area contributed by atoms with Crippen molar-refractivity contribution in [3.63, 3.8) is 0 Å². The lowest BCUT2D eigenvalue weighted by molar-refractivity contribution is -0.156. The SMILES string of the molecule is CB(O)CCC[C@@]12CNC[C@]1(C(=O)O)NC2. The summed E-state index contributed by atoms with van der Waals surface area (Å²) in [6.07, 6.45) is 2.50. The van der Waals surface area contributed by atoms with Gasteiger partial charge in [0.15, 0.2) is 0 Å². The number of carboxylic acids is 1. The van der Waals surface area contributed by atoms with Gasteiger partial charge in [-0.15, -0.1) is 0 Å². The number of hydrogen-bond acceptors (Lipinski definition) is 4. The standard InChI is InChI=1S/C10H19BN2O3/c1-11(16)4-2-3-9-5-12-7-10(9,8(14)15)13-6-9/h12-13,16H,2-7H2,1H3,(H,14,15)/t9-,10+/m0/s1. The zero-order valence-corrected chi connectivity index (χ0v) is 9.62. The summed E-state index contributed by atoms with van der Waals surface area (Å²) in [6.45, 7) is 3.53. The maximum Gasteiger partial charge on any atom is 0.325 e. The quantitative estimate of drug-likeness (QED) is 0.470. The maximum absolute atomic E-state index is 11.3. The highest BCUT2D eigenvalue weighted by Gasteiger charge is 2.66. The van der Waals surface area contributed by atoms with E-state index in [0.29, 0.717) is 6.54 Å². The fourth-order valence-corrected chi connectivity index (χ4v) is 3.01. The zero-order valence-electron chi connectivity index (χ0n) is 9.62. The van der Waals surface area contributed by atoms with Crippen LogP contribution >= 0.6 is 0 Å². The molecule has 0 radical (unpaired) electrons. The first kappa shape index (κ1) is 11.9. The van der Waals surface area contributed by atoms with Gasteiger partial charge in [0.25, 0.3) is 6.92 Å². The third kappa shape index (κ3) is 1.56. The molecule has 0 aliphatic carbocycles. The number of nitrogens with one attached hydrogen (secondary N) is 2. The molecule has 0 amide bonds. The molecule has 2 atom stereocenters. The predicted molar refractivity (Wildman–Crippen MR) is 61.6 cm³/mol. The highest BCUT2D eigenvalue weighted by Crippen LogP contribution is 2.46. The van der Waals surface area contributed by atoms with Crippen LogP contribution in [0.25, 0.3) is 0 Å². The van der Waals surface area contributed by atoms with Crippen LogP contribution in [0.5, 0.6) is 0 Å². The highest BCUT2D eigenvalue weighted by molar-refractivity contribution is 6.48. The molecule has 0 spiro atoms. The monoisotopic (exact) mass is 226 g/mol. The van der Waals surface area contributed by atoms with Gasteiger partial charge >= 0.3 is 5.97 Å². The number of carbonyl (C=O) groups is 1. The summed E-state index contributed by atoms with van der Waals surface area (Å²) >= 11 is 0. The number of fused-ring (bicyclic) bond motifs is 1. The minimum atomic E-state index is -0.758. The smallest absolute Gasteiger partial charge is 0.325 e. The van der Waals surface area contributed by atoms with Crippen LogP contribution in [-0.2, 0) is 4.79 Å². The average molecular weight is 226 g/mol. The molecule has 2 heterocycles. The van der Waals surface area contributed by atoms with Crippen molar-refractivity contribution in [3.05, 3.63) is 0 Å². The van der Waals surface area contributed by atoms with Crippen molar-refractivity contribution >= 4 is 12.9 Å². The lowest BCUT2D eigenvalue weighted by Gasteiger charge is -2.53. The van der Waals surface area contributed by atoms with Crippen LogP contribution in [0.15, 0.2) is 0 Å². The summed E-state index contributed by atoms with van der Waals surface area (Å²) in [7, 11) is 0. The van der Waals surface area contributed by atoms with Crippen LogP contribution in [-0.4, -0.2) is 48.2 Å². The van der Waals surface area contributed by atoms with E-state index in [0.717, 1.165) is 32.3 Å². The van der Waals surface area contributed by atoms with Gasteiger partial charge in [0.05, 0.1) is 0 Å². The minimum absolute atomic E-state index is 0.145. The van der Waals surface area contributed by atoms with Gasteiger partial charge in [0.1, 0.15) is 5.54 Å². The average Bonchev–Trinajstić information content (AvgIpc) is 2.41. The number of rotatable bonds is 5. The van der Waals surface area contributed by atoms with Crippen LogP contribution in [0.4, 0.5) is 0 Å². The van der Waals surface area contributed by atoms with Gasteiger partial charge in [-0.1, -0.05) is 13.2 Å². The van der Waals surface area contributed by atoms with Crippen LogP contribution in [0.1, 0.15) is 12.8 Å². The molecular formula is C10H19BN2O3. The number of aliphatic carboxylic acids is 1. The number of carboxylic acid groups (broad SMARTS) is 1. The van der Waals surface area contributed by atoms with Crippen molar-refractivity contribution in [3.8, 4) is 0 Å². The maximum atomic E-state index is 11.3. The molecule has 0 bridgehead atoms. The molecule has 0 aromatic rings. The first-order valence-corrected chi connectivity index (χ1v) is 5.90. The van der Waals surface area contributed by atoms with Gasteiger partial charge in [-0.05, 0) is 12.7 Å². The Kier molecular flexibility index (Phi) is 2.98. The van der Waals surface area contributed by atoms with E-state index in [1.165, 1.54) is 0 Å². The van der Waals surface area contributed by atoms with Crippen molar-refractivity contribution in [2.45, 2.75) is 31.5 Å². The van der Waals surface area contributed by atoms with Crippen molar-refractivity contribution in [2.75, 3.05) is 19.6 Å². The second-order valence-electron chi connectivity index (χ2n) is 5.19. The van der Waals surface area contributed by atoms with Gasteiger partial charge < -0.3 is 15.4 Å². The molecule has 0 aromatic carbocycles. The van der Waals surface area contributed by atoms with E-state index < -0.39 is 11.5 Å². The summed E-state index contributed by atoms with van der Waals surface area (Å²) in [4.78, 5) is 11.3. The fraction of sp³-hybridized carbons (Fsp3) is 0.900. The molecule has 0 aromatic heterocycles. The summed E-state index contributed by atoms with van der Waals surface area (Å²) in [5.74, 6) is -0.749. The molecule has 6 heteroatoms. The summed E-state index contributed by atoms with van der Waals surface area (Å²) in [5, 5.41) is 24.8. The Morgan fingerprint density at radius 1 is 1.44 bits per heavy atom. The topological polar surface area (TPSA) is 81.6 Å². The largest absolute Gasteiger partial charge is 0.480 e. The zero-order chi connectivity index (χ0) is 11.8. The number of hydrogen-bond donors (Lipinski definition) is 4. The van der Waals surface area contributed by atoms with Crippen LogP contribution in [0.2, 0.25) is 13.1 Å². The van der Waals surface area contributed by atoms with Crippen LogP contribution in [0.3, 0.4) is 0 Å². The molecule has 16 heavy (non-hydrogen) atoms. The lowest BCUT2D eigenvalue weighted by Crippen LogP contribution is -2.76. The van der Waals surface area contributed by atoms with Gasteiger partial charge in [0, 0.05) is 25.0 Å². The summed E-state index contributed by atoms with van der Waals surface area (Å²) in [6, 6.07) is 0. The van der Waals surface area contributed by atoms with E-state index in [1.807, 2.05) is 0 Å². The first-order valence-electron chi connectivity index (χ1n) is 5.90. The van der Waals surface area contributed by atoms with Crippen LogP contribution in [0, 0.1) is 5.41 Å². The second kappa shape index (κ2) is 4.02. The molecule has 0 saturated carbocycles. The normalized spacial score (nSPS) is 36.6. The Balaban J connectivity index is 1.99. The van der Waals surface area contributed by atoms with E-state index in [2.05, 4.69) is 10.6 Å². The summed E-state index contributed by atoms with van der Waals surface area (Å²) < 4.78 is 0. The van der Waals surface area contributed by atoms with Gasteiger partial charge in [-0.2, -0.15) is 0 Å². The van der Waals surface area contributed by atoms with Crippen LogP contribution < -0.4 is 10.6 Å². The summed E-state index contributed by atoms with van der Waals surface area (Å²) in [5.41, 5.74) is -0.903. The Morgan fingerprint density at radius 3 is 2.69 bits per heavy atom. The van der Waals surface area contributed by atoms with E-state index in [-0.39, 0.29) is 12.3 Å². The molecule has 2 aliphatic rings. The third-order valence-electron chi connectivity index (χ3n) is 4.13. The molecule has 90 valence electrons. The first-order chi connectivity index (χ1) is 7.52. The van der Waals surface area contributed by atoms with Gasteiger partial charge in [-0.3, -0.25) is 10.1 Å². The minimum Gasteiger partial charge on any atom is -0.480 e. The lowest BCUT2D eigenvalue weighted by atomic mass is 9.59. The van der Waals surface area contributed by atoms with Gasteiger partial charge in [-0.25, -0.2) is 0 Å². The van der Waals surface area contributed by atoms with Crippen molar-refractivity contribution < 1.29 is 14.9 Å². The molecule has 5 nitrogen and oxygen atoms in total. The Hall–Kier alpha value is -0.585. The Morgan fingerprint density at radius 2 is 2.19 bits per heavy atom. The van der Waals surface area contributed by atoms with E-state index in [4.69, 9.17) is 0 Å². The van der Waals surface area contributed by atoms with E-state index in [1.54, 1.807) is 6.82 Å². The van der Waals surface area contributed by atoms with E-state index >= 15 is 0 Å². The van der Waals surface area contributed by atoms with Crippen molar-refractivity contribution in [1.29, 1.82) is 0 Å². The second-order valence-corrected chi connectivity index (χ2v) is 5.19. The molecule has 2 aliphatic heterocycles. The third-order valence-corrected chi connectivity index (χ3v) is 4.13. The predicted octanol–water partition coefficient (Wildman–Crippen LogP) is -0.604. The Bertz CT molecular complexity index is 300. The van der Waals surface area contributed by atoms with Crippen molar-refractivity contribution in [2.24, 2.45) is 5.41 Å². The molecule has 0 unspecified atom stereocenters. The molecule has 4 N–H and O–H groups in total. The fourth-order valence-electron chi connectivity index (χ4n) is 3.01. The van der Waals surface area contributed by atoms with Gasteiger partial charge in [0.2, 0.25) is 0 Å².